The van der Waals surface area contributed by atoms with Gasteiger partial charge in [0, 0.05) is 12.6 Å². The monoisotopic (exact) mass is 351 g/mol. The van der Waals surface area contributed by atoms with E-state index in [2.05, 4.69) is 0 Å². The van der Waals surface area contributed by atoms with Crippen LogP contribution in [0.15, 0.2) is 17.0 Å². The summed E-state index contributed by atoms with van der Waals surface area (Å²) in [6.45, 7) is 2.24. The SMILES string of the molecule is CC1CCCCN1S(=O)(=O)c1cc(C(=O)O)c(Cl)cc1Cl. The summed E-state index contributed by atoms with van der Waals surface area (Å²) in [4.78, 5) is 10.9. The fraction of sp³-hybridized carbons (Fsp3) is 0.462. The quantitative estimate of drug-likeness (QED) is 0.906. The topological polar surface area (TPSA) is 74.7 Å². The summed E-state index contributed by atoms with van der Waals surface area (Å²) in [5.41, 5.74) is -0.274. The van der Waals surface area contributed by atoms with Crippen molar-refractivity contribution < 1.29 is 18.3 Å². The van der Waals surface area contributed by atoms with Gasteiger partial charge in [0.25, 0.3) is 0 Å². The van der Waals surface area contributed by atoms with Gasteiger partial charge in [0.15, 0.2) is 0 Å². The molecule has 1 heterocycles. The average molecular weight is 352 g/mol. The highest BCUT2D eigenvalue weighted by Gasteiger charge is 2.33. The summed E-state index contributed by atoms with van der Waals surface area (Å²) in [5, 5.41) is 8.92. The van der Waals surface area contributed by atoms with Crippen LogP contribution in [-0.4, -0.2) is 36.4 Å². The van der Waals surface area contributed by atoms with Gasteiger partial charge in [0.2, 0.25) is 10.0 Å². The van der Waals surface area contributed by atoms with Crippen LogP contribution < -0.4 is 0 Å². The lowest BCUT2D eigenvalue weighted by Gasteiger charge is -2.32. The van der Waals surface area contributed by atoms with Crippen LogP contribution >= 0.6 is 23.2 Å². The molecule has 0 spiro atoms. The molecule has 8 heteroatoms. The normalized spacial score (nSPS) is 20.4. The standard InChI is InChI=1S/C13H15Cl2NO4S/c1-8-4-2-3-5-16(8)21(19,20)12-6-9(13(17)18)10(14)7-11(12)15/h6-8H,2-5H2,1H3,(H,17,18). The number of nitrogens with zero attached hydrogens (tertiary/aromatic N) is 1. The van der Waals surface area contributed by atoms with Crippen LogP contribution in [0, 0.1) is 0 Å². The van der Waals surface area contributed by atoms with Gasteiger partial charge < -0.3 is 5.11 Å². The first-order valence-corrected chi connectivity index (χ1v) is 8.69. The zero-order valence-corrected chi connectivity index (χ0v) is 13.7. The molecule has 1 fully saturated rings. The Kier molecular flexibility index (Phi) is 4.82. The van der Waals surface area contributed by atoms with Crippen molar-refractivity contribution in [2.45, 2.75) is 37.1 Å². The lowest BCUT2D eigenvalue weighted by molar-refractivity contribution is 0.0697. The van der Waals surface area contributed by atoms with Gasteiger partial charge in [-0.1, -0.05) is 29.6 Å². The van der Waals surface area contributed by atoms with Gasteiger partial charge in [-0.25, -0.2) is 13.2 Å². The Morgan fingerprint density at radius 3 is 2.52 bits per heavy atom. The van der Waals surface area contributed by atoms with Crippen molar-refractivity contribution in [1.82, 2.24) is 4.31 Å². The van der Waals surface area contributed by atoms with Crippen LogP contribution in [0.3, 0.4) is 0 Å². The fourth-order valence-corrected chi connectivity index (χ4v) is 4.98. The lowest BCUT2D eigenvalue weighted by atomic mass is 10.1. The maximum Gasteiger partial charge on any atom is 0.337 e. The second-order valence-electron chi connectivity index (χ2n) is 5.03. The van der Waals surface area contributed by atoms with Crippen molar-refractivity contribution in [1.29, 1.82) is 0 Å². The van der Waals surface area contributed by atoms with Gasteiger partial charge >= 0.3 is 5.97 Å². The van der Waals surface area contributed by atoms with E-state index in [1.54, 1.807) is 0 Å². The number of hydrogen-bond donors (Lipinski definition) is 1. The second-order valence-corrected chi connectivity index (χ2v) is 7.70. The van der Waals surface area contributed by atoms with Crippen LogP contribution in [-0.2, 0) is 10.0 Å². The molecular weight excluding hydrogens is 337 g/mol. The Labute approximate surface area is 133 Å². The molecule has 1 N–H and O–H groups in total. The Morgan fingerprint density at radius 1 is 1.29 bits per heavy atom. The van der Waals surface area contributed by atoms with E-state index in [9.17, 15) is 13.2 Å². The van der Waals surface area contributed by atoms with Crippen molar-refractivity contribution in [3.05, 3.63) is 27.7 Å². The molecule has 116 valence electrons. The Bertz CT molecular complexity index is 675. The summed E-state index contributed by atoms with van der Waals surface area (Å²) in [6.07, 6.45) is 2.53. The van der Waals surface area contributed by atoms with Crippen molar-refractivity contribution in [3.63, 3.8) is 0 Å². The van der Waals surface area contributed by atoms with Gasteiger partial charge in [-0.15, -0.1) is 0 Å². The number of hydrogen-bond acceptors (Lipinski definition) is 3. The Balaban J connectivity index is 2.54. The lowest BCUT2D eigenvalue weighted by Crippen LogP contribution is -2.42. The molecule has 1 atom stereocenters. The van der Waals surface area contributed by atoms with E-state index in [0.29, 0.717) is 6.54 Å². The molecule has 21 heavy (non-hydrogen) atoms. The third-order valence-electron chi connectivity index (χ3n) is 3.58. The predicted molar refractivity (Wildman–Crippen MR) is 80.6 cm³/mol. The highest BCUT2D eigenvalue weighted by molar-refractivity contribution is 7.89. The van der Waals surface area contributed by atoms with E-state index >= 15 is 0 Å². The van der Waals surface area contributed by atoms with E-state index in [1.165, 1.54) is 4.31 Å². The Hall–Kier alpha value is -0.820. The van der Waals surface area contributed by atoms with E-state index in [-0.39, 0.29) is 26.5 Å². The first-order chi connectivity index (χ1) is 9.75. The Morgan fingerprint density at radius 2 is 1.95 bits per heavy atom. The van der Waals surface area contributed by atoms with Crippen molar-refractivity contribution in [2.24, 2.45) is 0 Å². The first-order valence-electron chi connectivity index (χ1n) is 6.49. The molecule has 1 aliphatic heterocycles. The first kappa shape index (κ1) is 16.5. The number of rotatable bonds is 3. The van der Waals surface area contributed by atoms with Crippen molar-refractivity contribution >= 4 is 39.2 Å². The number of carbonyl (C=O) groups is 1. The zero-order valence-electron chi connectivity index (χ0n) is 11.3. The summed E-state index contributed by atoms with van der Waals surface area (Å²) < 4.78 is 26.8. The van der Waals surface area contributed by atoms with Crippen molar-refractivity contribution in [3.8, 4) is 0 Å². The molecule has 0 aromatic heterocycles. The molecule has 0 saturated carbocycles. The number of benzene rings is 1. The smallest absolute Gasteiger partial charge is 0.337 e. The molecule has 1 saturated heterocycles. The number of piperidine rings is 1. The van der Waals surface area contributed by atoms with Crippen LogP contribution in [0.5, 0.6) is 0 Å². The van der Waals surface area contributed by atoms with Gasteiger partial charge in [0.05, 0.1) is 15.6 Å². The highest BCUT2D eigenvalue weighted by Crippen LogP contribution is 2.33. The van der Waals surface area contributed by atoms with Crippen LogP contribution in [0.2, 0.25) is 10.0 Å². The van der Waals surface area contributed by atoms with Gasteiger partial charge in [-0.3, -0.25) is 0 Å². The maximum absolute atomic E-state index is 12.7. The molecule has 0 amide bonds. The molecule has 1 aromatic carbocycles. The zero-order chi connectivity index (χ0) is 15.8. The van der Waals surface area contributed by atoms with E-state index in [1.807, 2.05) is 6.92 Å². The number of aromatic carboxylic acids is 1. The maximum atomic E-state index is 12.7. The third kappa shape index (κ3) is 3.18. The van der Waals surface area contributed by atoms with E-state index in [4.69, 9.17) is 28.3 Å². The number of halogens is 2. The minimum Gasteiger partial charge on any atom is -0.478 e. The largest absolute Gasteiger partial charge is 0.478 e. The minimum atomic E-state index is -3.84. The van der Waals surface area contributed by atoms with Crippen molar-refractivity contribution in [2.75, 3.05) is 6.54 Å². The minimum absolute atomic E-state index is 0.0669. The summed E-state index contributed by atoms with van der Waals surface area (Å²) in [7, 11) is -3.84. The molecule has 0 bridgehead atoms. The second kappa shape index (κ2) is 6.12. The average Bonchev–Trinajstić information content (AvgIpc) is 2.38. The summed E-state index contributed by atoms with van der Waals surface area (Å²) in [6, 6.07) is 2.06. The fourth-order valence-electron chi connectivity index (χ4n) is 2.45. The van der Waals surface area contributed by atoms with Crippen LogP contribution in [0.25, 0.3) is 0 Å². The van der Waals surface area contributed by atoms with Crippen LogP contribution in [0.1, 0.15) is 36.5 Å². The number of carboxylic acids is 1. The van der Waals surface area contributed by atoms with E-state index in [0.717, 1.165) is 31.4 Å². The third-order valence-corrected chi connectivity index (χ3v) is 6.37. The van der Waals surface area contributed by atoms with Crippen LogP contribution in [0.4, 0.5) is 0 Å². The molecular formula is C13H15Cl2NO4S. The van der Waals surface area contributed by atoms with Gasteiger partial charge in [0.1, 0.15) is 4.90 Å². The number of sulfonamides is 1. The van der Waals surface area contributed by atoms with Gasteiger partial charge in [-0.2, -0.15) is 4.31 Å². The molecule has 0 aliphatic carbocycles. The van der Waals surface area contributed by atoms with E-state index < -0.39 is 16.0 Å². The molecule has 5 nitrogen and oxygen atoms in total. The molecule has 2 rings (SSSR count). The molecule has 0 radical (unpaired) electrons. The summed E-state index contributed by atoms with van der Waals surface area (Å²) in [5.74, 6) is -1.29. The highest BCUT2D eigenvalue weighted by atomic mass is 35.5. The molecule has 1 aromatic rings. The predicted octanol–water partition coefficient (Wildman–Crippen LogP) is 3.25. The molecule has 1 aliphatic rings. The molecule has 1 unspecified atom stereocenters. The summed E-state index contributed by atoms with van der Waals surface area (Å²) >= 11 is 11.8. The number of carboxylic acid groups (broad SMARTS) is 1. The van der Waals surface area contributed by atoms with Gasteiger partial charge in [-0.05, 0) is 31.9 Å².